The number of aliphatic hydroxyl groups is 1. The molecule has 2 aromatic heterocycles. The van der Waals surface area contributed by atoms with Crippen LogP contribution in [-0.4, -0.2) is 37.9 Å². The molecule has 4 rings (SSSR count). The SMILES string of the molecule is CC(C)(CO)NC(=O)c1nn(-c2cc(N)ccn2)c2c1C[C@H]1C[C@@H]21. The first-order valence-electron chi connectivity index (χ1n) is 8.16. The van der Waals surface area contributed by atoms with Gasteiger partial charge in [-0.3, -0.25) is 4.79 Å². The van der Waals surface area contributed by atoms with E-state index < -0.39 is 5.54 Å². The fourth-order valence-electron chi connectivity index (χ4n) is 3.43. The zero-order valence-electron chi connectivity index (χ0n) is 13.8. The van der Waals surface area contributed by atoms with Gasteiger partial charge in [0.1, 0.15) is 0 Å². The van der Waals surface area contributed by atoms with E-state index in [0.29, 0.717) is 29.0 Å². The lowest BCUT2D eigenvalue weighted by Gasteiger charge is -2.23. The normalized spacial score (nSPS) is 21.3. The fourth-order valence-corrected chi connectivity index (χ4v) is 3.43. The van der Waals surface area contributed by atoms with Gasteiger partial charge in [-0.2, -0.15) is 5.10 Å². The first-order valence-corrected chi connectivity index (χ1v) is 8.16. The average molecular weight is 327 g/mol. The van der Waals surface area contributed by atoms with E-state index in [0.717, 1.165) is 24.1 Å². The van der Waals surface area contributed by atoms with Crippen molar-refractivity contribution in [2.24, 2.45) is 5.92 Å². The number of fused-ring (bicyclic) bond motifs is 3. The van der Waals surface area contributed by atoms with Crippen molar-refractivity contribution in [2.45, 2.75) is 38.1 Å². The van der Waals surface area contributed by atoms with Crippen LogP contribution in [0.5, 0.6) is 0 Å². The zero-order chi connectivity index (χ0) is 17.1. The van der Waals surface area contributed by atoms with Crippen LogP contribution in [-0.2, 0) is 6.42 Å². The summed E-state index contributed by atoms with van der Waals surface area (Å²) in [6.45, 7) is 3.42. The van der Waals surface area contributed by atoms with Crippen LogP contribution in [0.4, 0.5) is 5.69 Å². The molecule has 7 heteroatoms. The summed E-state index contributed by atoms with van der Waals surface area (Å²) < 4.78 is 1.77. The molecule has 0 aliphatic heterocycles. The van der Waals surface area contributed by atoms with Crippen LogP contribution >= 0.6 is 0 Å². The highest BCUT2D eigenvalue weighted by atomic mass is 16.3. The summed E-state index contributed by atoms with van der Waals surface area (Å²) in [5.41, 5.74) is 8.32. The molecule has 4 N–H and O–H groups in total. The smallest absolute Gasteiger partial charge is 0.272 e. The maximum atomic E-state index is 12.7. The minimum atomic E-state index is -0.690. The highest BCUT2D eigenvalue weighted by Crippen LogP contribution is 2.57. The first kappa shape index (κ1) is 15.1. The van der Waals surface area contributed by atoms with E-state index in [1.54, 1.807) is 36.9 Å². The number of anilines is 1. The third kappa shape index (κ3) is 2.36. The molecule has 0 saturated heterocycles. The number of aromatic nitrogens is 3. The highest BCUT2D eigenvalue weighted by Gasteiger charge is 2.50. The van der Waals surface area contributed by atoms with Crippen molar-refractivity contribution in [1.82, 2.24) is 20.1 Å². The third-order valence-corrected chi connectivity index (χ3v) is 4.81. The van der Waals surface area contributed by atoms with Crippen molar-refractivity contribution in [1.29, 1.82) is 0 Å². The summed E-state index contributed by atoms with van der Waals surface area (Å²) in [6.07, 6.45) is 3.67. The number of rotatable bonds is 4. The first-order chi connectivity index (χ1) is 11.4. The number of nitrogen functional groups attached to an aromatic ring is 1. The van der Waals surface area contributed by atoms with E-state index in [-0.39, 0.29) is 12.5 Å². The Labute approximate surface area is 139 Å². The Kier molecular flexibility index (Phi) is 3.18. The van der Waals surface area contributed by atoms with E-state index >= 15 is 0 Å². The van der Waals surface area contributed by atoms with Crippen molar-refractivity contribution in [2.75, 3.05) is 12.3 Å². The summed E-state index contributed by atoms with van der Waals surface area (Å²) in [5, 5.41) is 16.8. The molecule has 2 aliphatic rings. The monoisotopic (exact) mass is 327 g/mol. The number of hydrogen-bond donors (Lipinski definition) is 3. The summed E-state index contributed by atoms with van der Waals surface area (Å²) in [6, 6.07) is 3.49. The molecule has 24 heavy (non-hydrogen) atoms. The average Bonchev–Trinajstić information content (AvgIpc) is 3.03. The summed E-state index contributed by atoms with van der Waals surface area (Å²) in [7, 11) is 0. The Balaban J connectivity index is 1.76. The van der Waals surface area contributed by atoms with Gasteiger partial charge in [-0.1, -0.05) is 0 Å². The van der Waals surface area contributed by atoms with Crippen LogP contribution in [0.15, 0.2) is 18.3 Å². The number of carbonyl (C=O) groups excluding carboxylic acids is 1. The molecule has 1 saturated carbocycles. The molecule has 126 valence electrons. The van der Waals surface area contributed by atoms with Crippen molar-refractivity contribution in [3.8, 4) is 5.82 Å². The third-order valence-electron chi connectivity index (χ3n) is 4.81. The predicted octanol–water partition coefficient (Wildman–Crippen LogP) is 1.01. The summed E-state index contributed by atoms with van der Waals surface area (Å²) in [4.78, 5) is 17.0. The lowest BCUT2D eigenvalue weighted by molar-refractivity contribution is 0.0863. The number of carbonyl (C=O) groups is 1. The number of nitrogens with two attached hydrogens (primary N) is 1. The van der Waals surface area contributed by atoms with Crippen LogP contribution in [0, 0.1) is 5.92 Å². The quantitative estimate of drug-likeness (QED) is 0.777. The second kappa shape index (κ2) is 5.04. The van der Waals surface area contributed by atoms with Crippen LogP contribution < -0.4 is 11.1 Å². The van der Waals surface area contributed by atoms with E-state index in [2.05, 4.69) is 15.4 Å². The second-order valence-corrected chi connectivity index (χ2v) is 7.37. The van der Waals surface area contributed by atoms with E-state index in [9.17, 15) is 9.90 Å². The Morgan fingerprint density at radius 1 is 1.54 bits per heavy atom. The molecular formula is C17H21N5O2. The molecule has 2 atom stereocenters. The maximum absolute atomic E-state index is 12.7. The highest BCUT2D eigenvalue weighted by molar-refractivity contribution is 5.95. The topological polar surface area (TPSA) is 106 Å². The lowest BCUT2D eigenvalue weighted by Crippen LogP contribution is -2.46. The number of nitrogens with one attached hydrogen (secondary N) is 1. The molecule has 0 spiro atoms. The standard InChI is InChI=1S/C17H21N5O2/c1-17(2,8-23)20-16(24)14-12-6-9-5-11(9)15(12)22(21-14)13-7-10(18)3-4-19-13/h3-4,7,9,11,23H,5-6,8H2,1-2H3,(H2,18,19)(H,20,24)/t9-,11-/m1/s1. The molecule has 1 fully saturated rings. The van der Waals surface area contributed by atoms with Gasteiger partial charge in [0.25, 0.3) is 5.91 Å². The van der Waals surface area contributed by atoms with Crippen LogP contribution in [0.3, 0.4) is 0 Å². The van der Waals surface area contributed by atoms with Gasteiger partial charge in [-0.05, 0) is 38.7 Å². The van der Waals surface area contributed by atoms with Gasteiger partial charge < -0.3 is 16.2 Å². The largest absolute Gasteiger partial charge is 0.399 e. The van der Waals surface area contributed by atoms with Gasteiger partial charge in [-0.25, -0.2) is 9.67 Å². The number of hydrogen-bond acceptors (Lipinski definition) is 5. The Bertz CT molecular complexity index is 826. The molecule has 0 bridgehead atoms. The van der Waals surface area contributed by atoms with Crippen LogP contribution in [0.1, 0.15) is 47.9 Å². The van der Waals surface area contributed by atoms with Crippen molar-refractivity contribution in [3.05, 3.63) is 35.3 Å². The van der Waals surface area contributed by atoms with Gasteiger partial charge in [0, 0.05) is 29.4 Å². The second-order valence-electron chi connectivity index (χ2n) is 7.37. The van der Waals surface area contributed by atoms with Gasteiger partial charge >= 0.3 is 0 Å². The molecule has 2 aromatic rings. The van der Waals surface area contributed by atoms with Crippen molar-refractivity contribution < 1.29 is 9.90 Å². The molecule has 0 aromatic carbocycles. The summed E-state index contributed by atoms with van der Waals surface area (Å²) >= 11 is 0. The molecular weight excluding hydrogens is 306 g/mol. The minimum absolute atomic E-state index is 0.135. The molecule has 0 unspecified atom stereocenters. The Morgan fingerprint density at radius 2 is 2.33 bits per heavy atom. The Morgan fingerprint density at radius 3 is 3.04 bits per heavy atom. The minimum Gasteiger partial charge on any atom is -0.399 e. The number of aliphatic hydroxyl groups excluding tert-OH is 1. The van der Waals surface area contributed by atoms with E-state index in [1.165, 1.54) is 0 Å². The number of amides is 1. The van der Waals surface area contributed by atoms with Gasteiger partial charge in [0.15, 0.2) is 11.5 Å². The van der Waals surface area contributed by atoms with Gasteiger partial charge in [-0.15, -0.1) is 0 Å². The van der Waals surface area contributed by atoms with Crippen LogP contribution in [0.2, 0.25) is 0 Å². The fraction of sp³-hybridized carbons (Fsp3) is 0.471. The molecule has 2 aliphatic carbocycles. The summed E-state index contributed by atoms with van der Waals surface area (Å²) in [5.74, 6) is 1.46. The maximum Gasteiger partial charge on any atom is 0.272 e. The molecule has 0 radical (unpaired) electrons. The zero-order valence-corrected chi connectivity index (χ0v) is 13.8. The van der Waals surface area contributed by atoms with Crippen molar-refractivity contribution >= 4 is 11.6 Å². The van der Waals surface area contributed by atoms with Gasteiger partial charge in [0.05, 0.1) is 17.8 Å². The molecule has 2 heterocycles. The van der Waals surface area contributed by atoms with Crippen molar-refractivity contribution in [3.63, 3.8) is 0 Å². The number of nitrogens with zero attached hydrogens (tertiary/aromatic N) is 3. The molecule has 1 amide bonds. The predicted molar refractivity (Wildman–Crippen MR) is 89.0 cm³/mol. The Hall–Kier alpha value is -2.41. The molecule has 7 nitrogen and oxygen atoms in total. The number of pyridine rings is 1. The van der Waals surface area contributed by atoms with Crippen LogP contribution in [0.25, 0.3) is 5.82 Å². The van der Waals surface area contributed by atoms with E-state index in [4.69, 9.17) is 5.73 Å². The van der Waals surface area contributed by atoms with Gasteiger partial charge in [0.2, 0.25) is 0 Å². The lowest BCUT2D eigenvalue weighted by atomic mass is 10.1. The van der Waals surface area contributed by atoms with E-state index in [1.807, 2.05) is 0 Å².